The molecule has 0 spiro atoms. The number of aryl methyl sites for hydroxylation is 2. The Kier molecular flexibility index (Phi) is 3.35. The highest BCUT2D eigenvalue weighted by Gasteiger charge is 2.22. The number of rotatable bonds is 1. The molecule has 0 radical (unpaired) electrons. The van der Waals surface area contributed by atoms with Crippen LogP contribution in [0.1, 0.15) is 54.8 Å². The average molecular weight is 247 g/mol. The second-order valence-corrected chi connectivity index (χ2v) is 5.40. The highest BCUT2D eigenvalue weighted by molar-refractivity contribution is 5.92. The van der Waals surface area contributed by atoms with E-state index in [0.29, 0.717) is 5.69 Å². The first kappa shape index (κ1) is 11.8. The largest absolute Gasteiger partial charge is 0.337 e. The minimum Gasteiger partial charge on any atom is -0.337 e. The Morgan fingerprint density at radius 2 is 1.72 bits per heavy atom. The van der Waals surface area contributed by atoms with Crippen LogP contribution in [-0.2, 0) is 13.0 Å². The molecule has 3 heterocycles. The van der Waals surface area contributed by atoms with Crippen LogP contribution in [0, 0.1) is 0 Å². The molecule has 0 aliphatic carbocycles. The molecular formula is C14H21N3O. The van der Waals surface area contributed by atoms with E-state index in [4.69, 9.17) is 0 Å². The quantitative estimate of drug-likeness (QED) is 0.763. The summed E-state index contributed by atoms with van der Waals surface area (Å²) in [6.45, 7) is 2.83. The van der Waals surface area contributed by atoms with Crippen LogP contribution in [0.2, 0.25) is 0 Å². The topological polar surface area (TPSA) is 38.1 Å². The number of hydrogen-bond acceptors (Lipinski definition) is 2. The lowest BCUT2D eigenvalue weighted by Crippen LogP contribution is -2.32. The lowest BCUT2D eigenvalue weighted by atomic mass is 10.2. The van der Waals surface area contributed by atoms with Gasteiger partial charge in [-0.1, -0.05) is 12.8 Å². The monoisotopic (exact) mass is 247 g/mol. The first-order chi connectivity index (χ1) is 8.84. The maximum Gasteiger partial charge on any atom is 0.274 e. The number of hydrogen-bond donors (Lipinski definition) is 0. The van der Waals surface area contributed by atoms with Gasteiger partial charge in [-0.2, -0.15) is 0 Å². The van der Waals surface area contributed by atoms with E-state index in [1.165, 1.54) is 25.7 Å². The van der Waals surface area contributed by atoms with Gasteiger partial charge in [0.1, 0.15) is 11.5 Å². The molecular weight excluding hydrogens is 226 g/mol. The maximum atomic E-state index is 12.4. The van der Waals surface area contributed by atoms with Gasteiger partial charge in [0.15, 0.2) is 0 Å². The van der Waals surface area contributed by atoms with Crippen LogP contribution in [0.4, 0.5) is 0 Å². The Labute approximate surface area is 108 Å². The summed E-state index contributed by atoms with van der Waals surface area (Å²) in [6, 6.07) is 0. The summed E-state index contributed by atoms with van der Waals surface area (Å²) < 4.78 is 2.16. The van der Waals surface area contributed by atoms with Gasteiger partial charge in [0.05, 0.1) is 0 Å². The molecule has 18 heavy (non-hydrogen) atoms. The van der Waals surface area contributed by atoms with Crippen LogP contribution in [0.5, 0.6) is 0 Å². The third kappa shape index (κ3) is 2.28. The van der Waals surface area contributed by atoms with Crippen LogP contribution in [0.15, 0.2) is 6.20 Å². The molecule has 1 aromatic rings. The molecule has 4 heteroatoms. The molecule has 1 saturated heterocycles. The van der Waals surface area contributed by atoms with Gasteiger partial charge in [-0.3, -0.25) is 4.79 Å². The Balaban J connectivity index is 1.76. The van der Waals surface area contributed by atoms with E-state index in [1.807, 2.05) is 11.1 Å². The molecule has 98 valence electrons. The molecule has 0 unspecified atom stereocenters. The van der Waals surface area contributed by atoms with E-state index < -0.39 is 0 Å². The number of likely N-dealkylation sites (tertiary alicyclic amines) is 1. The summed E-state index contributed by atoms with van der Waals surface area (Å²) in [6.07, 6.45) is 10.2. The summed E-state index contributed by atoms with van der Waals surface area (Å²) in [4.78, 5) is 18.9. The third-order valence-electron chi connectivity index (χ3n) is 4.02. The van der Waals surface area contributed by atoms with Crippen molar-refractivity contribution in [2.24, 2.45) is 0 Å². The van der Waals surface area contributed by atoms with Gasteiger partial charge in [0, 0.05) is 32.3 Å². The molecule has 3 rings (SSSR count). The minimum absolute atomic E-state index is 0.138. The number of amides is 1. The van der Waals surface area contributed by atoms with Crippen molar-refractivity contribution >= 4 is 5.91 Å². The number of carbonyl (C=O) groups excluding carboxylic acids is 1. The summed E-state index contributed by atoms with van der Waals surface area (Å²) in [5.41, 5.74) is 0.661. The zero-order chi connectivity index (χ0) is 12.4. The van der Waals surface area contributed by atoms with E-state index >= 15 is 0 Å². The molecule has 2 aliphatic rings. The second-order valence-electron chi connectivity index (χ2n) is 5.40. The summed E-state index contributed by atoms with van der Waals surface area (Å²) in [5.74, 6) is 1.23. The maximum absolute atomic E-state index is 12.4. The molecule has 0 N–H and O–H groups in total. The van der Waals surface area contributed by atoms with E-state index in [9.17, 15) is 4.79 Å². The van der Waals surface area contributed by atoms with Gasteiger partial charge in [-0.15, -0.1) is 0 Å². The molecule has 4 nitrogen and oxygen atoms in total. The average Bonchev–Trinajstić information content (AvgIpc) is 2.64. The first-order valence-corrected chi connectivity index (χ1v) is 7.20. The number of fused-ring (bicyclic) bond motifs is 1. The highest BCUT2D eigenvalue weighted by atomic mass is 16.2. The molecule has 0 atom stereocenters. The Hall–Kier alpha value is -1.32. The normalized spacial score (nSPS) is 20.3. The van der Waals surface area contributed by atoms with Crippen LogP contribution in [0.25, 0.3) is 0 Å². The number of nitrogens with zero attached hydrogens (tertiary/aromatic N) is 3. The number of carbonyl (C=O) groups is 1. The number of imidazole rings is 1. The van der Waals surface area contributed by atoms with Gasteiger partial charge in [-0.05, 0) is 25.7 Å². The molecule has 0 bridgehead atoms. The minimum atomic E-state index is 0.138. The fourth-order valence-electron chi connectivity index (χ4n) is 2.95. The molecule has 0 aromatic carbocycles. The standard InChI is InChI=1S/C14H21N3O/c18-14(16-8-4-1-2-5-9-16)12-11-17-10-6-3-7-13(17)15-12/h11H,1-10H2. The van der Waals surface area contributed by atoms with Crippen molar-refractivity contribution in [3.63, 3.8) is 0 Å². The lowest BCUT2D eigenvalue weighted by molar-refractivity contribution is 0.0756. The van der Waals surface area contributed by atoms with Crippen molar-refractivity contribution in [1.82, 2.24) is 14.5 Å². The zero-order valence-electron chi connectivity index (χ0n) is 10.9. The Morgan fingerprint density at radius 3 is 2.44 bits per heavy atom. The predicted molar refractivity (Wildman–Crippen MR) is 69.5 cm³/mol. The molecule has 1 amide bonds. The lowest BCUT2D eigenvalue weighted by Gasteiger charge is -2.18. The van der Waals surface area contributed by atoms with Crippen molar-refractivity contribution in [3.05, 3.63) is 17.7 Å². The van der Waals surface area contributed by atoms with Crippen molar-refractivity contribution in [2.75, 3.05) is 13.1 Å². The van der Waals surface area contributed by atoms with Crippen molar-refractivity contribution in [3.8, 4) is 0 Å². The fourth-order valence-corrected chi connectivity index (χ4v) is 2.95. The zero-order valence-corrected chi connectivity index (χ0v) is 10.9. The smallest absolute Gasteiger partial charge is 0.274 e. The molecule has 0 saturated carbocycles. The summed E-state index contributed by atoms with van der Waals surface area (Å²) in [5, 5.41) is 0. The fraction of sp³-hybridized carbons (Fsp3) is 0.714. The molecule has 1 fully saturated rings. The van der Waals surface area contributed by atoms with Gasteiger partial charge in [-0.25, -0.2) is 4.98 Å². The van der Waals surface area contributed by atoms with E-state index in [1.54, 1.807) is 0 Å². The SMILES string of the molecule is O=C(c1cn2c(n1)CCCC2)N1CCCCCC1. The van der Waals surface area contributed by atoms with Gasteiger partial charge >= 0.3 is 0 Å². The van der Waals surface area contributed by atoms with E-state index in [2.05, 4.69) is 9.55 Å². The Morgan fingerprint density at radius 1 is 1.00 bits per heavy atom. The van der Waals surface area contributed by atoms with Crippen molar-refractivity contribution in [2.45, 2.75) is 51.5 Å². The molecule has 2 aliphatic heterocycles. The van der Waals surface area contributed by atoms with Gasteiger partial charge < -0.3 is 9.47 Å². The number of aromatic nitrogens is 2. The predicted octanol–water partition coefficient (Wildman–Crippen LogP) is 2.24. The summed E-state index contributed by atoms with van der Waals surface area (Å²) in [7, 11) is 0. The first-order valence-electron chi connectivity index (χ1n) is 7.20. The van der Waals surface area contributed by atoms with Crippen molar-refractivity contribution < 1.29 is 4.79 Å². The second kappa shape index (κ2) is 5.12. The summed E-state index contributed by atoms with van der Waals surface area (Å²) >= 11 is 0. The van der Waals surface area contributed by atoms with Crippen molar-refractivity contribution in [1.29, 1.82) is 0 Å². The van der Waals surface area contributed by atoms with E-state index in [0.717, 1.165) is 44.7 Å². The Bertz CT molecular complexity index is 407. The van der Waals surface area contributed by atoms with Gasteiger partial charge in [0.25, 0.3) is 5.91 Å². The van der Waals surface area contributed by atoms with Gasteiger partial charge in [0.2, 0.25) is 0 Å². The van der Waals surface area contributed by atoms with Crippen LogP contribution >= 0.6 is 0 Å². The third-order valence-corrected chi connectivity index (χ3v) is 4.02. The van der Waals surface area contributed by atoms with Crippen LogP contribution in [-0.4, -0.2) is 33.4 Å². The van der Waals surface area contributed by atoms with E-state index in [-0.39, 0.29) is 5.91 Å². The van der Waals surface area contributed by atoms with Crippen LogP contribution in [0.3, 0.4) is 0 Å². The van der Waals surface area contributed by atoms with Crippen LogP contribution < -0.4 is 0 Å². The molecule has 1 aromatic heterocycles. The highest BCUT2D eigenvalue weighted by Crippen LogP contribution is 2.17.